The van der Waals surface area contributed by atoms with Crippen LogP contribution in [0.1, 0.15) is 12.8 Å². The molecule has 0 atom stereocenters. The van der Waals surface area contributed by atoms with Gasteiger partial charge in [-0.15, -0.1) is 0 Å². The van der Waals surface area contributed by atoms with Crippen LogP contribution in [0.4, 0.5) is 11.4 Å². The van der Waals surface area contributed by atoms with Crippen molar-refractivity contribution in [1.82, 2.24) is 4.72 Å². The van der Waals surface area contributed by atoms with Crippen LogP contribution in [0.2, 0.25) is 0 Å². The van der Waals surface area contributed by atoms with Crippen LogP contribution in [-0.2, 0) is 10.0 Å². The molecule has 0 saturated heterocycles. The number of aliphatic hydroxyl groups is 1. The highest BCUT2D eigenvalue weighted by Gasteiger charge is 2.28. The van der Waals surface area contributed by atoms with Gasteiger partial charge in [0.1, 0.15) is 0 Å². The van der Waals surface area contributed by atoms with Crippen molar-refractivity contribution < 1.29 is 13.5 Å². The molecular formula is C13H21N3O3S. The normalized spacial score (nSPS) is 22.4. The summed E-state index contributed by atoms with van der Waals surface area (Å²) in [6.07, 6.45) is 1.39. The predicted molar refractivity (Wildman–Crippen MR) is 79.1 cm³/mol. The van der Waals surface area contributed by atoms with E-state index in [2.05, 4.69) is 4.72 Å². The number of nitrogens with zero attached hydrogens (tertiary/aromatic N) is 1. The minimum atomic E-state index is -3.47. The lowest BCUT2D eigenvalue weighted by atomic mass is 9.82. The monoisotopic (exact) mass is 299 g/mol. The van der Waals surface area contributed by atoms with E-state index in [-0.39, 0.29) is 11.0 Å². The first-order valence-electron chi connectivity index (χ1n) is 6.55. The van der Waals surface area contributed by atoms with Crippen molar-refractivity contribution in [2.24, 2.45) is 5.92 Å². The summed E-state index contributed by atoms with van der Waals surface area (Å²) in [4.78, 5) is 2.14. The van der Waals surface area contributed by atoms with Gasteiger partial charge in [-0.25, -0.2) is 13.1 Å². The predicted octanol–water partition coefficient (Wildman–Crippen LogP) is 0.384. The van der Waals surface area contributed by atoms with Gasteiger partial charge in [0.2, 0.25) is 10.0 Å². The largest absolute Gasteiger partial charge is 0.397 e. The number of hydrogen-bond donors (Lipinski definition) is 3. The van der Waals surface area contributed by atoms with E-state index in [9.17, 15) is 13.5 Å². The SMILES string of the molecule is CNS(=O)(=O)c1ccc(N)c(N(C)CC2CC(O)C2)c1. The van der Waals surface area contributed by atoms with Crippen LogP contribution in [0.5, 0.6) is 0 Å². The summed E-state index contributed by atoms with van der Waals surface area (Å²) in [6, 6.07) is 4.67. The van der Waals surface area contributed by atoms with E-state index in [1.54, 1.807) is 12.1 Å². The molecule has 1 saturated carbocycles. The van der Waals surface area contributed by atoms with Crippen LogP contribution in [-0.4, -0.2) is 40.3 Å². The highest BCUT2D eigenvalue weighted by Crippen LogP contribution is 2.31. The van der Waals surface area contributed by atoms with Crippen molar-refractivity contribution in [2.75, 3.05) is 31.3 Å². The third-order valence-electron chi connectivity index (χ3n) is 3.74. The third-order valence-corrected chi connectivity index (χ3v) is 5.15. The quantitative estimate of drug-likeness (QED) is 0.683. The van der Waals surface area contributed by atoms with Gasteiger partial charge in [-0.05, 0) is 44.0 Å². The zero-order valence-electron chi connectivity index (χ0n) is 11.7. The Labute approximate surface area is 119 Å². The number of nitrogens with two attached hydrogens (primary N) is 1. The molecule has 1 aliphatic rings. The number of rotatable bonds is 5. The lowest BCUT2D eigenvalue weighted by Crippen LogP contribution is -2.37. The molecule has 0 radical (unpaired) electrons. The maximum absolute atomic E-state index is 11.8. The van der Waals surface area contributed by atoms with Gasteiger partial charge in [0.05, 0.1) is 22.4 Å². The Bertz CT molecular complexity index is 583. The number of hydrogen-bond acceptors (Lipinski definition) is 5. The first-order chi connectivity index (χ1) is 9.33. The van der Waals surface area contributed by atoms with Crippen molar-refractivity contribution in [3.05, 3.63) is 18.2 Å². The molecular weight excluding hydrogens is 278 g/mol. The Hall–Kier alpha value is -1.31. The zero-order valence-corrected chi connectivity index (χ0v) is 12.5. The van der Waals surface area contributed by atoms with Crippen molar-refractivity contribution in [3.8, 4) is 0 Å². The standard InChI is InChI=1S/C13H21N3O3S/c1-15-20(18,19)11-3-4-12(14)13(7-11)16(2)8-9-5-10(17)6-9/h3-4,7,9-10,15,17H,5-6,8,14H2,1-2H3. The fourth-order valence-corrected chi connectivity index (χ4v) is 3.22. The number of aliphatic hydroxyl groups excluding tert-OH is 1. The van der Waals surface area contributed by atoms with Crippen molar-refractivity contribution in [2.45, 2.75) is 23.8 Å². The molecule has 1 fully saturated rings. The summed E-state index contributed by atoms with van der Waals surface area (Å²) in [5.41, 5.74) is 7.17. The van der Waals surface area contributed by atoms with E-state index >= 15 is 0 Å². The van der Waals surface area contributed by atoms with Crippen LogP contribution < -0.4 is 15.4 Å². The number of nitrogen functional groups attached to an aromatic ring is 1. The molecule has 0 bridgehead atoms. The molecule has 0 spiro atoms. The second kappa shape index (κ2) is 5.59. The van der Waals surface area contributed by atoms with Gasteiger partial charge in [-0.3, -0.25) is 0 Å². The minimum absolute atomic E-state index is 0.193. The summed E-state index contributed by atoms with van der Waals surface area (Å²) in [5.74, 6) is 0.430. The molecule has 6 nitrogen and oxygen atoms in total. The molecule has 0 aliphatic heterocycles. The number of benzene rings is 1. The minimum Gasteiger partial charge on any atom is -0.397 e. The smallest absolute Gasteiger partial charge is 0.240 e. The van der Waals surface area contributed by atoms with E-state index < -0.39 is 10.0 Å². The van der Waals surface area contributed by atoms with Crippen molar-refractivity contribution >= 4 is 21.4 Å². The van der Waals surface area contributed by atoms with Crippen LogP contribution >= 0.6 is 0 Å². The fraction of sp³-hybridized carbons (Fsp3) is 0.538. The highest BCUT2D eigenvalue weighted by molar-refractivity contribution is 7.89. The van der Waals surface area contributed by atoms with E-state index in [1.165, 1.54) is 13.1 Å². The van der Waals surface area contributed by atoms with Gasteiger partial charge in [0, 0.05) is 13.6 Å². The molecule has 0 amide bonds. The zero-order chi connectivity index (χ0) is 14.9. The molecule has 1 aromatic rings. The molecule has 4 N–H and O–H groups in total. The highest BCUT2D eigenvalue weighted by atomic mass is 32.2. The van der Waals surface area contributed by atoms with E-state index in [1.807, 2.05) is 11.9 Å². The van der Waals surface area contributed by atoms with Crippen molar-refractivity contribution in [1.29, 1.82) is 0 Å². The molecule has 0 aromatic heterocycles. The molecule has 112 valence electrons. The first kappa shape index (κ1) is 15.1. The van der Waals surface area contributed by atoms with Gasteiger partial charge < -0.3 is 15.7 Å². The molecule has 20 heavy (non-hydrogen) atoms. The fourth-order valence-electron chi connectivity index (χ4n) is 2.47. The number of nitrogens with one attached hydrogen (secondary N) is 1. The van der Waals surface area contributed by atoms with Crippen LogP contribution in [0.3, 0.4) is 0 Å². The molecule has 2 rings (SSSR count). The summed E-state index contributed by atoms with van der Waals surface area (Å²) >= 11 is 0. The first-order valence-corrected chi connectivity index (χ1v) is 8.04. The lowest BCUT2D eigenvalue weighted by molar-refractivity contribution is 0.0465. The Balaban J connectivity index is 2.20. The maximum atomic E-state index is 11.8. The number of sulfonamides is 1. The van der Waals surface area contributed by atoms with E-state index in [4.69, 9.17) is 5.73 Å². The second-order valence-electron chi connectivity index (χ2n) is 5.30. The van der Waals surface area contributed by atoms with Gasteiger partial charge in [0.25, 0.3) is 0 Å². The third kappa shape index (κ3) is 3.05. The van der Waals surface area contributed by atoms with Crippen LogP contribution in [0, 0.1) is 5.92 Å². The summed E-state index contributed by atoms with van der Waals surface area (Å²) in [7, 11) is -0.211. The van der Waals surface area contributed by atoms with Gasteiger partial charge in [0.15, 0.2) is 0 Å². The Morgan fingerprint density at radius 2 is 2.10 bits per heavy atom. The van der Waals surface area contributed by atoms with E-state index in [0.717, 1.165) is 19.4 Å². The Morgan fingerprint density at radius 3 is 2.65 bits per heavy atom. The summed E-state index contributed by atoms with van der Waals surface area (Å²) in [6.45, 7) is 0.754. The Kier molecular flexibility index (Phi) is 4.22. The summed E-state index contributed by atoms with van der Waals surface area (Å²) < 4.78 is 25.9. The number of anilines is 2. The molecule has 1 aromatic carbocycles. The second-order valence-corrected chi connectivity index (χ2v) is 7.19. The summed E-state index contributed by atoms with van der Waals surface area (Å²) in [5, 5.41) is 9.31. The van der Waals surface area contributed by atoms with Gasteiger partial charge >= 0.3 is 0 Å². The lowest BCUT2D eigenvalue weighted by Gasteiger charge is -2.35. The maximum Gasteiger partial charge on any atom is 0.240 e. The van der Waals surface area contributed by atoms with Crippen LogP contribution in [0.15, 0.2) is 23.1 Å². The van der Waals surface area contributed by atoms with E-state index in [0.29, 0.717) is 17.3 Å². The molecule has 0 unspecified atom stereocenters. The Morgan fingerprint density at radius 1 is 1.45 bits per heavy atom. The van der Waals surface area contributed by atoms with Crippen molar-refractivity contribution in [3.63, 3.8) is 0 Å². The molecule has 0 heterocycles. The topological polar surface area (TPSA) is 95.7 Å². The van der Waals surface area contributed by atoms with Gasteiger partial charge in [-0.2, -0.15) is 0 Å². The molecule has 7 heteroatoms. The molecule has 1 aliphatic carbocycles. The van der Waals surface area contributed by atoms with Crippen LogP contribution in [0.25, 0.3) is 0 Å². The average molecular weight is 299 g/mol. The van der Waals surface area contributed by atoms with Gasteiger partial charge in [-0.1, -0.05) is 0 Å². The average Bonchev–Trinajstić information content (AvgIpc) is 2.37.